The Morgan fingerprint density at radius 1 is 1.04 bits per heavy atom. The number of hydrogen-bond acceptors (Lipinski definition) is 4. The SMILES string of the molecule is CCCN1C(=O)CN(C2CCCCC2)C(=O)[C@@H]1c1ccc(OC)c(OC)c1. The predicted molar refractivity (Wildman–Crippen MR) is 103 cm³/mol. The summed E-state index contributed by atoms with van der Waals surface area (Å²) in [5, 5.41) is 0. The fourth-order valence-corrected chi connectivity index (χ4v) is 4.29. The lowest BCUT2D eigenvalue weighted by Crippen LogP contribution is -2.58. The van der Waals surface area contributed by atoms with E-state index in [1.54, 1.807) is 25.2 Å². The van der Waals surface area contributed by atoms with E-state index in [0.717, 1.165) is 37.7 Å². The van der Waals surface area contributed by atoms with Crippen molar-refractivity contribution < 1.29 is 19.1 Å². The summed E-state index contributed by atoms with van der Waals surface area (Å²) in [6.45, 7) is 2.80. The van der Waals surface area contributed by atoms with Crippen LogP contribution >= 0.6 is 0 Å². The van der Waals surface area contributed by atoms with Crippen LogP contribution in [0.3, 0.4) is 0 Å². The number of methoxy groups -OCH3 is 2. The standard InChI is InChI=1S/C21H30N2O4/c1-4-12-22-19(24)14-23(16-8-6-5-7-9-16)21(25)20(22)15-10-11-17(26-2)18(13-15)27-3/h10-11,13,16,20H,4-9,12,14H2,1-3H3/t20-/m0/s1. The molecule has 1 atom stereocenters. The molecule has 0 unspecified atom stereocenters. The number of rotatable bonds is 6. The second-order valence-electron chi connectivity index (χ2n) is 7.36. The first-order chi connectivity index (χ1) is 13.1. The number of piperazine rings is 1. The van der Waals surface area contributed by atoms with Crippen molar-refractivity contribution in [2.75, 3.05) is 27.3 Å². The number of amides is 2. The van der Waals surface area contributed by atoms with Crippen molar-refractivity contribution in [3.63, 3.8) is 0 Å². The average Bonchev–Trinajstić information content (AvgIpc) is 2.71. The van der Waals surface area contributed by atoms with Gasteiger partial charge in [0, 0.05) is 12.6 Å². The van der Waals surface area contributed by atoms with Crippen molar-refractivity contribution in [1.82, 2.24) is 9.80 Å². The summed E-state index contributed by atoms with van der Waals surface area (Å²) in [6.07, 6.45) is 6.27. The Hall–Kier alpha value is -2.24. The van der Waals surface area contributed by atoms with Crippen LogP contribution in [0.25, 0.3) is 0 Å². The number of carbonyl (C=O) groups excluding carboxylic acids is 2. The summed E-state index contributed by atoms with van der Waals surface area (Å²) in [5.41, 5.74) is 0.778. The molecule has 6 heteroatoms. The third-order valence-electron chi connectivity index (χ3n) is 5.66. The number of nitrogens with zero attached hydrogens (tertiary/aromatic N) is 2. The Morgan fingerprint density at radius 3 is 2.37 bits per heavy atom. The molecule has 0 radical (unpaired) electrons. The number of ether oxygens (including phenoxy) is 2. The van der Waals surface area contributed by atoms with Crippen LogP contribution in [0.2, 0.25) is 0 Å². The maximum absolute atomic E-state index is 13.5. The van der Waals surface area contributed by atoms with E-state index < -0.39 is 6.04 Å². The molecule has 0 aromatic heterocycles. The smallest absolute Gasteiger partial charge is 0.250 e. The highest BCUT2D eigenvalue weighted by atomic mass is 16.5. The maximum Gasteiger partial charge on any atom is 0.250 e. The highest BCUT2D eigenvalue weighted by Crippen LogP contribution is 2.36. The van der Waals surface area contributed by atoms with Gasteiger partial charge in [-0.15, -0.1) is 0 Å². The molecule has 2 amide bonds. The van der Waals surface area contributed by atoms with Crippen molar-refractivity contribution in [2.24, 2.45) is 0 Å². The van der Waals surface area contributed by atoms with Gasteiger partial charge in [0.05, 0.1) is 14.2 Å². The third-order valence-corrected chi connectivity index (χ3v) is 5.66. The second-order valence-corrected chi connectivity index (χ2v) is 7.36. The minimum atomic E-state index is -0.590. The van der Waals surface area contributed by atoms with E-state index in [0.29, 0.717) is 18.0 Å². The lowest BCUT2D eigenvalue weighted by Gasteiger charge is -2.44. The molecule has 0 bridgehead atoms. The molecule has 6 nitrogen and oxygen atoms in total. The maximum atomic E-state index is 13.5. The molecular formula is C21H30N2O4. The zero-order valence-corrected chi connectivity index (χ0v) is 16.6. The van der Waals surface area contributed by atoms with Crippen molar-refractivity contribution in [2.45, 2.75) is 57.5 Å². The summed E-state index contributed by atoms with van der Waals surface area (Å²) in [5.74, 6) is 1.24. The summed E-state index contributed by atoms with van der Waals surface area (Å²) >= 11 is 0. The number of benzene rings is 1. The Labute approximate surface area is 161 Å². The fourth-order valence-electron chi connectivity index (χ4n) is 4.29. The predicted octanol–water partition coefficient (Wildman–Crippen LogP) is 3.16. The van der Waals surface area contributed by atoms with E-state index in [1.807, 2.05) is 24.0 Å². The molecule has 2 fully saturated rings. The largest absolute Gasteiger partial charge is 0.493 e. The zero-order chi connectivity index (χ0) is 19.4. The zero-order valence-electron chi connectivity index (χ0n) is 16.6. The molecule has 1 aromatic rings. The van der Waals surface area contributed by atoms with Gasteiger partial charge in [-0.25, -0.2) is 0 Å². The lowest BCUT2D eigenvalue weighted by atomic mass is 9.91. The molecule has 0 spiro atoms. The number of hydrogen-bond donors (Lipinski definition) is 0. The van der Waals surface area contributed by atoms with E-state index >= 15 is 0 Å². The van der Waals surface area contributed by atoms with Crippen LogP contribution in [0.15, 0.2) is 18.2 Å². The van der Waals surface area contributed by atoms with Crippen molar-refractivity contribution in [1.29, 1.82) is 0 Å². The van der Waals surface area contributed by atoms with Gasteiger partial charge in [0.15, 0.2) is 11.5 Å². The average molecular weight is 374 g/mol. The normalized spacial score (nSPS) is 21.5. The van der Waals surface area contributed by atoms with Gasteiger partial charge in [0.1, 0.15) is 12.6 Å². The Morgan fingerprint density at radius 2 is 1.74 bits per heavy atom. The van der Waals surface area contributed by atoms with Crippen molar-refractivity contribution >= 4 is 11.8 Å². The summed E-state index contributed by atoms with van der Waals surface area (Å²) < 4.78 is 10.7. The van der Waals surface area contributed by atoms with Crippen molar-refractivity contribution in [3.8, 4) is 11.5 Å². The van der Waals surface area contributed by atoms with Gasteiger partial charge in [-0.3, -0.25) is 9.59 Å². The van der Waals surface area contributed by atoms with E-state index in [9.17, 15) is 9.59 Å². The molecule has 0 N–H and O–H groups in total. The first-order valence-electron chi connectivity index (χ1n) is 9.92. The fraction of sp³-hybridized carbons (Fsp3) is 0.619. The first kappa shape index (κ1) is 19.5. The van der Waals surface area contributed by atoms with Gasteiger partial charge in [-0.1, -0.05) is 32.3 Å². The highest BCUT2D eigenvalue weighted by Gasteiger charge is 2.42. The highest BCUT2D eigenvalue weighted by molar-refractivity contribution is 5.96. The molecular weight excluding hydrogens is 344 g/mol. The third kappa shape index (κ3) is 3.89. The molecule has 27 heavy (non-hydrogen) atoms. The summed E-state index contributed by atoms with van der Waals surface area (Å²) in [4.78, 5) is 29.9. The molecule has 2 aliphatic rings. The molecule has 1 aliphatic heterocycles. The van der Waals surface area contributed by atoms with Gasteiger partial charge in [0.25, 0.3) is 5.91 Å². The molecule has 3 rings (SSSR count). The van der Waals surface area contributed by atoms with Crippen LogP contribution in [-0.2, 0) is 9.59 Å². The molecule has 1 heterocycles. The molecule has 1 aromatic carbocycles. The van der Waals surface area contributed by atoms with Crippen LogP contribution in [-0.4, -0.2) is 55.0 Å². The van der Waals surface area contributed by atoms with Crippen LogP contribution in [0.4, 0.5) is 0 Å². The summed E-state index contributed by atoms with van der Waals surface area (Å²) in [6, 6.07) is 5.08. The van der Waals surface area contributed by atoms with E-state index in [4.69, 9.17) is 9.47 Å². The molecule has 1 saturated heterocycles. The van der Waals surface area contributed by atoms with Gasteiger partial charge >= 0.3 is 0 Å². The van der Waals surface area contributed by atoms with Gasteiger partial charge < -0.3 is 19.3 Å². The van der Waals surface area contributed by atoms with Crippen LogP contribution in [0.5, 0.6) is 11.5 Å². The Balaban J connectivity index is 1.96. The van der Waals surface area contributed by atoms with E-state index in [1.165, 1.54) is 6.42 Å². The van der Waals surface area contributed by atoms with E-state index in [2.05, 4.69) is 0 Å². The number of carbonyl (C=O) groups is 2. The topological polar surface area (TPSA) is 59.1 Å². The first-order valence-corrected chi connectivity index (χ1v) is 9.92. The minimum Gasteiger partial charge on any atom is -0.493 e. The monoisotopic (exact) mass is 374 g/mol. The van der Waals surface area contributed by atoms with Gasteiger partial charge in [0.2, 0.25) is 5.91 Å². The van der Waals surface area contributed by atoms with Gasteiger partial charge in [-0.05, 0) is 37.0 Å². The Bertz CT molecular complexity index is 685. The van der Waals surface area contributed by atoms with Crippen LogP contribution in [0, 0.1) is 0 Å². The molecule has 148 valence electrons. The Kier molecular flexibility index (Phi) is 6.24. The van der Waals surface area contributed by atoms with Gasteiger partial charge in [-0.2, -0.15) is 0 Å². The molecule has 1 saturated carbocycles. The summed E-state index contributed by atoms with van der Waals surface area (Å²) in [7, 11) is 3.16. The lowest BCUT2D eigenvalue weighted by molar-refractivity contribution is -0.159. The quantitative estimate of drug-likeness (QED) is 0.767. The second kappa shape index (κ2) is 8.63. The van der Waals surface area contributed by atoms with Crippen LogP contribution in [0.1, 0.15) is 57.1 Å². The van der Waals surface area contributed by atoms with Crippen molar-refractivity contribution in [3.05, 3.63) is 23.8 Å². The minimum absolute atomic E-state index is 0.0295. The van der Waals surface area contributed by atoms with Crippen LogP contribution < -0.4 is 9.47 Å². The van der Waals surface area contributed by atoms with E-state index in [-0.39, 0.29) is 24.4 Å². The molecule has 1 aliphatic carbocycles.